The van der Waals surface area contributed by atoms with Gasteiger partial charge in [0.15, 0.2) is 0 Å². The van der Waals surface area contributed by atoms with Crippen molar-refractivity contribution >= 4 is 0 Å². The highest BCUT2D eigenvalue weighted by atomic mass is 16.3. The van der Waals surface area contributed by atoms with E-state index in [1.54, 1.807) is 0 Å². The Morgan fingerprint density at radius 2 is 1.92 bits per heavy atom. The van der Waals surface area contributed by atoms with E-state index in [0.717, 1.165) is 13.1 Å². The highest BCUT2D eigenvalue weighted by Crippen LogP contribution is 2.29. The van der Waals surface area contributed by atoms with E-state index in [0.29, 0.717) is 11.5 Å². The number of hydrogen-bond donors (Lipinski definition) is 1. The third kappa shape index (κ3) is 2.96. The number of piperidine rings is 1. The van der Waals surface area contributed by atoms with Gasteiger partial charge in [-0.3, -0.25) is 4.90 Å². The molecule has 0 aromatic rings. The summed E-state index contributed by atoms with van der Waals surface area (Å²) < 4.78 is 0. The molecule has 1 aliphatic heterocycles. The quantitative estimate of drug-likeness (QED) is 0.710. The van der Waals surface area contributed by atoms with Crippen molar-refractivity contribution in [2.75, 3.05) is 13.1 Å². The second-order valence-electron chi connectivity index (χ2n) is 5.22. The fourth-order valence-electron chi connectivity index (χ4n) is 2.12. The normalized spacial score (nSPS) is 28.4. The Bertz CT molecular complexity index is 165. The van der Waals surface area contributed by atoms with Gasteiger partial charge in [0.2, 0.25) is 0 Å². The van der Waals surface area contributed by atoms with Crippen LogP contribution in [-0.2, 0) is 0 Å². The molecule has 1 heterocycles. The zero-order valence-electron chi connectivity index (χ0n) is 9.38. The lowest BCUT2D eigenvalue weighted by Crippen LogP contribution is -2.48. The van der Waals surface area contributed by atoms with E-state index < -0.39 is 0 Å². The number of aliphatic hydroxyl groups excluding tert-OH is 1. The van der Waals surface area contributed by atoms with E-state index in [9.17, 15) is 5.11 Å². The number of likely N-dealkylation sites (tertiary alicyclic amines) is 1. The monoisotopic (exact) mass is 185 g/mol. The summed E-state index contributed by atoms with van der Waals surface area (Å²) in [6.45, 7) is 10.9. The zero-order chi connectivity index (χ0) is 10.1. The Morgan fingerprint density at radius 3 is 2.38 bits per heavy atom. The molecule has 2 heteroatoms. The Hall–Kier alpha value is -0.0800. The molecular formula is C11H23NO. The molecule has 1 fully saturated rings. The number of aliphatic hydroxyl groups is 1. The molecule has 0 bridgehead atoms. The molecule has 0 aromatic heterocycles. The van der Waals surface area contributed by atoms with Gasteiger partial charge in [-0.05, 0) is 38.6 Å². The Kier molecular flexibility index (Phi) is 3.36. The van der Waals surface area contributed by atoms with Crippen LogP contribution in [0.15, 0.2) is 0 Å². The molecule has 0 amide bonds. The molecule has 0 aromatic carbocycles. The van der Waals surface area contributed by atoms with Gasteiger partial charge in [0.05, 0.1) is 6.10 Å². The maximum atomic E-state index is 9.50. The lowest BCUT2D eigenvalue weighted by atomic mass is 9.83. The molecule has 0 radical (unpaired) electrons. The minimum atomic E-state index is -0.214. The molecular weight excluding hydrogens is 162 g/mol. The molecule has 1 rings (SSSR count). The van der Waals surface area contributed by atoms with Crippen molar-refractivity contribution in [1.82, 2.24) is 4.90 Å². The van der Waals surface area contributed by atoms with Crippen molar-refractivity contribution in [1.29, 1.82) is 0 Å². The average molecular weight is 185 g/mol. The lowest BCUT2D eigenvalue weighted by molar-refractivity contribution is 0.0223. The van der Waals surface area contributed by atoms with Crippen molar-refractivity contribution in [2.24, 2.45) is 5.41 Å². The largest absolute Gasteiger partial charge is 0.392 e. The van der Waals surface area contributed by atoms with E-state index in [1.807, 2.05) is 6.92 Å². The summed E-state index contributed by atoms with van der Waals surface area (Å²) in [6, 6.07) is 0.305. The second-order valence-corrected chi connectivity index (χ2v) is 5.22. The highest BCUT2D eigenvalue weighted by Gasteiger charge is 2.30. The van der Waals surface area contributed by atoms with E-state index in [2.05, 4.69) is 25.7 Å². The molecule has 1 N–H and O–H groups in total. The molecule has 0 spiro atoms. The fourth-order valence-corrected chi connectivity index (χ4v) is 2.12. The molecule has 1 aliphatic rings. The lowest BCUT2D eigenvalue weighted by Gasteiger charge is -2.42. The first-order valence-corrected chi connectivity index (χ1v) is 5.34. The minimum absolute atomic E-state index is 0.214. The van der Waals surface area contributed by atoms with Crippen LogP contribution in [0.1, 0.15) is 40.5 Å². The first kappa shape index (κ1) is 11.0. The fraction of sp³-hybridized carbons (Fsp3) is 1.00. The molecule has 13 heavy (non-hydrogen) atoms. The van der Waals surface area contributed by atoms with Gasteiger partial charge >= 0.3 is 0 Å². The van der Waals surface area contributed by atoms with Crippen LogP contribution in [-0.4, -0.2) is 35.2 Å². The van der Waals surface area contributed by atoms with Gasteiger partial charge in [0.1, 0.15) is 0 Å². The highest BCUT2D eigenvalue weighted by molar-refractivity contribution is 4.83. The summed E-state index contributed by atoms with van der Waals surface area (Å²) >= 11 is 0. The van der Waals surface area contributed by atoms with Crippen LogP contribution >= 0.6 is 0 Å². The van der Waals surface area contributed by atoms with Gasteiger partial charge in [-0.25, -0.2) is 0 Å². The predicted molar refractivity (Wildman–Crippen MR) is 55.7 cm³/mol. The van der Waals surface area contributed by atoms with E-state index in [1.165, 1.54) is 12.8 Å². The van der Waals surface area contributed by atoms with Gasteiger partial charge in [-0.15, -0.1) is 0 Å². The number of hydrogen-bond acceptors (Lipinski definition) is 2. The van der Waals surface area contributed by atoms with Crippen LogP contribution in [0.5, 0.6) is 0 Å². The third-order valence-electron chi connectivity index (χ3n) is 3.20. The topological polar surface area (TPSA) is 23.5 Å². The van der Waals surface area contributed by atoms with Crippen molar-refractivity contribution in [3.63, 3.8) is 0 Å². The first-order valence-electron chi connectivity index (χ1n) is 5.34. The van der Waals surface area contributed by atoms with Crippen molar-refractivity contribution < 1.29 is 5.11 Å². The van der Waals surface area contributed by atoms with E-state index >= 15 is 0 Å². The first-order chi connectivity index (χ1) is 5.92. The molecule has 1 saturated heterocycles. The van der Waals surface area contributed by atoms with Gasteiger partial charge in [0.25, 0.3) is 0 Å². The van der Waals surface area contributed by atoms with Crippen LogP contribution in [0.4, 0.5) is 0 Å². The molecule has 2 atom stereocenters. The van der Waals surface area contributed by atoms with Crippen LogP contribution in [0.25, 0.3) is 0 Å². The standard InChI is InChI=1S/C11H23NO/c1-9(10(2)13)12-7-5-6-11(3,4)8-12/h9-10,13H,5-8H2,1-4H3. The second kappa shape index (κ2) is 3.97. The number of nitrogens with zero attached hydrogens (tertiary/aromatic N) is 1. The van der Waals surface area contributed by atoms with Crippen molar-refractivity contribution in [2.45, 2.75) is 52.7 Å². The number of rotatable bonds is 2. The maximum Gasteiger partial charge on any atom is 0.0664 e. The minimum Gasteiger partial charge on any atom is -0.392 e. The van der Waals surface area contributed by atoms with Crippen LogP contribution in [0, 0.1) is 5.41 Å². The van der Waals surface area contributed by atoms with Gasteiger partial charge in [0, 0.05) is 12.6 Å². The smallest absolute Gasteiger partial charge is 0.0664 e. The summed E-state index contributed by atoms with van der Waals surface area (Å²) in [7, 11) is 0. The predicted octanol–water partition coefficient (Wildman–Crippen LogP) is 1.88. The van der Waals surface area contributed by atoms with Crippen LogP contribution in [0.2, 0.25) is 0 Å². The Balaban J connectivity index is 2.51. The Labute approximate surface area is 81.9 Å². The summed E-state index contributed by atoms with van der Waals surface area (Å²) in [5.74, 6) is 0. The van der Waals surface area contributed by atoms with Crippen molar-refractivity contribution in [3.05, 3.63) is 0 Å². The average Bonchev–Trinajstić information content (AvgIpc) is 2.01. The van der Waals surface area contributed by atoms with Crippen LogP contribution < -0.4 is 0 Å². The summed E-state index contributed by atoms with van der Waals surface area (Å²) in [6.07, 6.45) is 2.37. The zero-order valence-corrected chi connectivity index (χ0v) is 9.38. The van der Waals surface area contributed by atoms with E-state index in [-0.39, 0.29) is 6.10 Å². The van der Waals surface area contributed by atoms with Gasteiger partial charge in [-0.2, -0.15) is 0 Å². The third-order valence-corrected chi connectivity index (χ3v) is 3.20. The summed E-state index contributed by atoms with van der Waals surface area (Å²) in [5.41, 5.74) is 0.432. The van der Waals surface area contributed by atoms with E-state index in [4.69, 9.17) is 0 Å². The maximum absolute atomic E-state index is 9.50. The Morgan fingerprint density at radius 1 is 1.31 bits per heavy atom. The summed E-state index contributed by atoms with van der Waals surface area (Å²) in [5, 5.41) is 9.50. The molecule has 2 nitrogen and oxygen atoms in total. The van der Waals surface area contributed by atoms with Gasteiger partial charge in [-0.1, -0.05) is 13.8 Å². The molecule has 0 saturated carbocycles. The van der Waals surface area contributed by atoms with Crippen LogP contribution in [0.3, 0.4) is 0 Å². The van der Waals surface area contributed by atoms with Crippen molar-refractivity contribution in [3.8, 4) is 0 Å². The molecule has 2 unspecified atom stereocenters. The van der Waals surface area contributed by atoms with Gasteiger partial charge < -0.3 is 5.11 Å². The molecule has 78 valence electrons. The summed E-state index contributed by atoms with van der Waals surface area (Å²) in [4.78, 5) is 2.41. The SMILES string of the molecule is CC(O)C(C)N1CCCC(C)(C)C1. The molecule has 0 aliphatic carbocycles.